The maximum Gasteiger partial charge on any atom is 0.462 e. The van der Waals surface area contributed by atoms with Gasteiger partial charge in [0.15, 0.2) is 0 Å². The fourth-order valence-electron chi connectivity index (χ4n) is 2.08. The number of allylic oxidation sites excluding steroid dienone is 1. The van der Waals surface area contributed by atoms with Crippen molar-refractivity contribution in [2.75, 3.05) is 6.61 Å². The Morgan fingerprint density at radius 2 is 1.60 bits per heavy atom. The summed E-state index contributed by atoms with van der Waals surface area (Å²) < 4.78 is 17.0. The second kappa shape index (κ2) is 6.31. The lowest BCUT2D eigenvalue weighted by molar-refractivity contribution is -0.138. The van der Waals surface area contributed by atoms with E-state index in [1.165, 1.54) is 0 Å². The molecule has 1 aliphatic rings. The minimum absolute atomic E-state index is 0.262. The van der Waals surface area contributed by atoms with Crippen LogP contribution in [0.25, 0.3) is 0 Å². The third-order valence-electron chi connectivity index (χ3n) is 4.24. The average Bonchev–Trinajstić information content (AvgIpc) is 2.54. The lowest BCUT2D eigenvalue weighted by atomic mass is 9.78. The van der Waals surface area contributed by atoms with Crippen molar-refractivity contribution in [3.8, 4) is 0 Å². The maximum atomic E-state index is 12.1. The van der Waals surface area contributed by atoms with Crippen LogP contribution in [0.3, 0.4) is 0 Å². The predicted molar refractivity (Wildman–Crippen MR) is 80.5 cm³/mol. The van der Waals surface area contributed by atoms with E-state index in [4.69, 9.17) is 14.0 Å². The highest BCUT2D eigenvalue weighted by molar-refractivity contribution is 6.47. The summed E-state index contributed by atoms with van der Waals surface area (Å²) in [5.74, 6) is -0.262. The summed E-state index contributed by atoms with van der Waals surface area (Å²) in [4.78, 5) is 12.1. The van der Waals surface area contributed by atoms with Gasteiger partial charge in [0.1, 0.15) is 0 Å². The van der Waals surface area contributed by atoms with Gasteiger partial charge in [0, 0.05) is 11.9 Å². The van der Waals surface area contributed by atoms with E-state index in [1.807, 2.05) is 48.5 Å². The molecule has 1 fully saturated rings. The van der Waals surface area contributed by atoms with Gasteiger partial charge in [-0.05, 0) is 48.0 Å². The van der Waals surface area contributed by atoms with E-state index in [0.717, 1.165) is 12.0 Å². The highest BCUT2D eigenvalue weighted by Gasteiger charge is 2.51. The average molecular weight is 282 g/mol. The number of ether oxygens (including phenoxy) is 1. The molecule has 0 aromatic carbocycles. The number of esters is 1. The second-order valence-electron chi connectivity index (χ2n) is 6.22. The minimum Gasteiger partial charge on any atom is -0.463 e. The minimum atomic E-state index is -0.402. The Hall–Kier alpha value is -0.805. The van der Waals surface area contributed by atoms with Gasteiger partial charge in [-0.3, -0.25) is 0 Å². The van der Waals surface area contributed by atoms with Crippen LogP contribution < -0.4 is 0 Å². The van der Waals surface area contributed by atoms with E-state index in [0.29, 0.717) is 18.5 Å². The third kappa shape index (κ3) is 3.64. The molecule has 0 aromatic heterocycles. The molecule has 0 amide bonds. The van der Waals surface area contributed by atoms with E-state index in [-0.39, 0.29) is 17.2 Å². The molecule has 4 nitrogen and oxygen atoms in total. The van der Waals surface area contributed by atoms with Gasteiger partial charge in [-0.1, -0.05) is 12.5 Å². The van der Waals surface area contributed by atoms with Crippen molar-refractivity contribution in [2.45, 2.75) is 72.4 Å². The normalized spacial score (nSPS) is 21.6. The first-order chi connectivity index (χ1) is 9.14. The number of hydrogen-bond donors (Lipinski definition) is 0. The molecule has 0 saturated carbocycles. The van der Waals surface area contributed by atoms with Gasteiger partial charge in [-0.25, -0.2) is 4.79 Å². The third-order valence-corrected chi connectivity index (χ3v) is 4.24. The van der Waals surface area contributed by atoms with Crippen molar-refractivity contribution >= 4 is 13.1 Å². The summed E-state index contributed by atoms with van der Waals surface area (Å²) in [6.07, 6.45) is 1.25. The van der Waals surface area contributed by atoms with E-state index >= 15 is 0 Å². The van der Waals surface area contributed by atoms with Crippen LogP contribution in [-0.4, -0.2) is 30.9 Å². The van der Waals surface area contributed by atoms with Crippen molar-refractivity contribution in [1.82, 2.24) is 0 Å². The molecule has 0 bridgehead atoms. The zero-order chi connectivity index (χ0) is 15.6. The largest absolute Gasteiger partial charge is 0.463 e. The van der Waals surface area contributed by atoms with Crippen LogP contribution in [0.4, 0.5) is 0 Å². The fourth-order valence-corrected chi connectivity index (χ4v) is 2.08. The predicted octanol–water partition coefficient (Wildman–Crippen LogP) is 3.37. The highest BCUT2D eigenvalue weighted by Crippen LogP contribution is 2.38. The Kier molecular flexibility index (Phi) is 5.44. The van der Waals surface area contributed by atoms with Crippen LogP contribution in [0.5, 0.6) is 0 Å². The summed E-state index contributed by atoms with van der Waals surface area (Å²) in [6.45, 7) is 14.2. The van der Waals surface area contributed by atoms with Crippen molar-refractivity contribution in [3.63, 3.8) is 0 Å². The van der Waals surface area contributed by atoms with Gasteiger partial charge in [0.25, 0.3) is 0 Å². The lowest BCUT2D eigenvalue weighted by Crippen LogP contribution is -2.41. The Morgan fingerprint density at radius 3 is 2.00 bits per heavy atom. The van der Waals surface area contributed by atoms with Crippen LogP contribution in [0.15, 0.2) is 11.1 Å². The van der Waals surface area contributed by atoms with Gasteiger partial charge in [0.05, 0.1) is 17.8 Å². The van der Waals surface area contributed by atoms with Gasteiger partial charge in [-0.2, -0.15) is 0 Å². The first-order valence-electron chi connectivity index (χ1n) is 7.36. The summed E-state index contributed by atoms with van der Waals surface area (Å²) in [6, 6.07) is 0. The van der Waals surface area contributed by atoms with Crippen LogP contribution in [0.1, 0.15) is 54.9 Å². The number of carbonyl (C=O) groups is 1. The number of carbonyl (C=O) groups excluding carboxylic acids is 1. The first-order valence-corrected chi connectivity index (χ1v) is 7.36. The maximum absolute atomic E-state index is 12.1. The Balaban J connectivity index is 2.87. The van der Waals surface area contributed by atoms with Crippen LogP contribution >= 0.6 is 0 Å². The zero-order valence-corrected chi connectivity index (χ0v) is 13.8. The van der Waals surface area contributed by atoms with Crippen LogP contribution in [-0.2, 0) is 18.8 Å². The molecule has 0 unspecified atom stereocenters. The zero-order valence-electron chi connectivity index (χ0n) is 13.8. The molecule has 1 rings (SSSR count). The number of hydrogen-bond acceptors (Lipinski definition) is 4. The molecule has 0 atom stereocenters. The second-order valence-corrected chi connectivity index (χ2v) is 6.22. The Bertz CT molecular complexity index is 383. The summed E-state index contributed by atoms with van der Waals surface area (Å²) in [7, 11) is -0.402. The van der Waals surface area contributed by atoms with Crippen molar-refractivity contribution < 1.29 is 18.8 Å². The molecular weight excluding hydrogens is 255 g/mol. The monoisotopic (exact) mass is 282 g/mol. The Morgan fingerprint density at radius 1 is 1.10 bits per heavy atom. The summed E-state index contributed by atoms with van der Waals surface area (Å²) in [5.41, 5.74) is 0.945. The van der Waals surface area contributed by atoms with Gasteiger partial charge < -0.3 is 14.0 Å². The van der Waals surface area contributed by atoms with E-state index in [1.54, 1.807) is 0 Å². The fraction of sp³-hybridized carbons (Fsp3) is 0.800. The molecule has 0 aromatic rings. The molecule has 20 heavy (non-hydrogen) atoms. The molecule has 0 N–H and O–H groups in total. The first kappa shape index (κ1) is 17.2. The molecule has 0 spiro atoms. The van der Waals surface area contributed by atoms with Crippen molar-refractivity contribution in [3.05, 3.63) is 11.1 Å². The van der Waals surface area contributed by atoms with E-state index < -0.39 is 7.12 Å². The van der Waals surface area contributed by atoms with E-state index in [9.17, 15) is 4.79 Å². The van der Waals surface area contributed by atoms with Crippen molar-refractivity contribution in [2.24, 2.45) is 0 Å². The smallest absolute Gasteiger partial charge is 0.462 e. The lowest BCUT2D eigenvalue weighted by Gasteiger charge is -2.32. The SMILES string of the molecule is CCOC(=O)/C(CB1OC(C)(C)C(C)(C)O1)=C(\C)CC. The highest BCUT2D eigenvalue weighted by atomic mass is 16.7. The van der Waals surface area contributed by atoms with Gasteiger partial charge in [0.2, 0.25) is 0 Å². The molecule has 5 heteroatoms. The Labute approximate surface area is 123 Å². The molecule has 1 heterocycles. The molecule has 1 aliphatic heterocycles. The molecule has 114 valence electrons. The quantitative estimate of drug-likeness (QED) is 0.440. The molecule has 1 saturated heterocycles. The standard InChI is InChI=1S/C15H27BO4/c1-8-11(3)12(13(17)18-9-2)10-16-19-14(4,5)15(6,7)20-16/h8-10H2,1-7H3/b12-11+. The number of rotatable bonds is 5. The van der Waals surface area contributed by atoms with E-state index in [2.05, 4.69) is 0 Å². The summed E-state index contributed by atoms with van der Waals surface area (Å²) in [5, 5.41) is 0. The molecular formula is C15H27BO4. The molecule has 0 radical (unpaired) electrons. The van der Waals surface area contributed by atoms with Crippen LogP contribution in [0.2, 0.25) is 6.32 Å². The summed E-state index contributed by atoms with van der Waals surface area (Å²) >= 11 is 0. The van der Waals surface area contributed by atoms with Crippen molar-refractivity contribution in [1.29, 1.82) is 0 Å². The van der Waals surface area contributed by atoms with Gasteiger partial charge in [-0.15, -0.1) is 0 Å². The topological polar surface area (TPSA) is 44.8 Å². The van der Waals surface area contributed by atoms with Gasteiger partial charge >= 0.3 is 13.1 Å². The molecule has 0 aliphatic carbocycles. The van der Waals surface area contributed by atoms with Crippen LogP contribution in [0, 0.1) is 0 Å².